The zero-order valence-corrected chi connectivity index (χ0v) is 13.6. The van der Waals surface area contributed by atoms with E-state index >= 15 is 0 Å². The van der Waals surface area contributed by atoms with Gasteiger partial charge in [0.1, 0.15) is 11.6 Å². The summed E-state index contributed by atoms with van der Waals surface area (Å²) in [5.41, 5.74) is -0.374. The van der Waals surface area contributed by atoms with Crippen LogP contribution in [0.15, 0.2) is 42.5 Å². The van der Waals surface area contributed by atoms with Crippen molar-refractivity contribution in [2.45, 2.75) is 0 Å². The number of nitrogens with zero attached hydrogens (tertiary/aromatic N) is 1. The zero-order valence-electron chi connectivity index (χ0n) is 13.6. The minimum Gasteiger partial charge on any atom is -0.496 e. The lowest BCUT2D eigenvalue weighted by molar-refractivity contribution is -0.385. The molecule has 0 aliphatic heterocycles. The quantitative estimate of drug-likeness (QED) is 0.307. The van der Waals surface area contributed by atoms with Crippen LogP contribution in [-0.4, -0.2) is 37.0 Å². The van der Waals surface area contributed by atoms with Gasteiger partial charge in [-0.2, -0.15) is 0 Å². The number of hydrogen-bond acceptors (Lipinski definition) is 7. The van der Waals surface area contributed by atoms with Crippen molar-refractivity contribution in [1.82, 2.24) is 0 Å². The van der Waals surface area contributed by atoms with Gasteiger partial charge < -0.3 is 14.2 Å². The monoisotopic (exact) mass is 363 g/mol. The maximum Gasteiger partial charge on any atom is 0.344 e. The average Bonchev–Trinajstić information content (AvgIpc) is 2.64. The summed E-state index contributed by atoms with van der Waals surface area (Å²) in [6.07, 6.45) is 0. The van der Waals surface area contributed by atoms with Crippen LogP contribution in [0.4, 0.5) is 10.1 Å². The summed E-state index contributed by atoms with van der Waals surface area (Å²) in [4.78, 5) is 33.9. The van der Waals surface area contributed by atoms with E-state index in [-0.39, 0.29) is 22.7 Å². The summed E-state index contributed by atoms with van der Waals surface area (Å²) in [5.74, 6) is -2.18. The maximum absolute atomic E-state index is 13.3. The molecule has 0 unspecified atom stereocenters. The number of methoxy groups -OCH3 is 1. The number of hydrogen-bond donors (Lipinski definition) is 0. The Kier molecular flexibility index (Phi) is 6.20. The van der Waals surface area contributed by atoms with E-state index < -0.39 is 35.7 Å². The highest BCUT2D eigenvalue weighted by atomic mass is 19.1. The fraction of sp³-hybridized carbons (Fsp3) is 0.176. The number of ketones is 1. The second-order valence-electron chi connectivity index (χ2n) is 4.94. The molecule has 0 heterocycles. The number of esters is 1. The number of halogens is 1. The second-order valence-corrected chi connectivity index (χ2v) is 4.94. The molecule has 0 aliphatic carbocycles. The number of Topliss-reactive ketones (excluding diaryl/α,β-unsaturated/α-hetero) is 1. The SMILES string of the molecule is COc1ccc(F)cc1C(=O)COC(=O)COc1ccccc1[N+](=O)[O-]. The van der Waals surface area contributed by atoms with Crippen molar-refractivity contribution in [3.63, 3.8) is 0 Å². The highest BCUT2D eigenvalue weighted by molar-refractivity contribution is 6.00. The van der Waals surface area contributed by atoms with Gasteiger partial charge in [-0.05, 0) is 24.3 Å². The standard InChI is InChI=1S/C17H14FNO7/c1-24-15-7-6-11(18)8-12(15)14(20)9-26-17(21)10-25-16-5-3-2-4-13(16)19(22)23/h2-8H,9-10H2,1H3. The van der Waals surface area contributed by atoms with Gasteiger partial charge in [-0.1, -0.05) is 12.1 Å². The Bertz CT molecular complexity index is 838. The second kappa shape index (κ2) is 8.56. The van der Waals surface area contributed by atoms with E-state index in [1.807, 2.05) is 0 Å². The van der Waals surface area contributed by atoms with Crippen molar-refractivity contribution in [1.29, 1.82) is 0 Å². The summed E-state index contributed by atoms with van der Waals surface area (Å²) >= 11 is 0. The van der Waals surface area contributed by atoms with Crippen molar-refractivity contribution in [2.75, 3.05) is 20.3 Å². The molecule has 0 aliphatic rings. The minimum absolute atomic E-state index is 0.0695. The van der Waals surface area contributed by atoms with Crippen LogP contribution in [0, 0.1) is 15.9 Å². The van der Waals surface area contributed by atoms with Gasteiger partial charge in [0, 0.05) is 6.07 Å². The van der Waals surface area contributed by atoms with Crippen LogP contribution in [-0.2, 0) is 9.53 Å². The molecule has 2 aromatic rings. The molecule has 26 heavy (non-hydrogen) atoms. The number of carbonyl (C=O) groups excluding carboxylic acids is 2. The third kappa shape index (κ3) is 4.76. The molecule has 0 fully saturated rings. The van der Waals surface area contributed by atoms with Gasteiger partial charge in [0.05, 0.1) is 17.6 Å². The molecule has 0 saturated carbocycles. The first-order valence-electron chi connectivity index (χ1n) is 7.31. The predicted molar refractivity (Wildman–Crippen MR) is 86.8 cm³/mol. The molecule has 136 valence electrons. The van der Waals surface area contributed by atoms with E-state index in [2.05, 4.69) is 0 Å². The highest BCUT2D eigenvalue weighted by Crippen LogP contribution is 2.25. The van der Waals surface area contributed by atoms with Crippen molar-refractivity contribution < 1.29 is 33.1 Å². The molecule has 0 spiro atoms. The summed E-state index contributed by atoms with van der Waals surface area (Å²) in [5, 5.41) is 10.8. The molecule has 2 aromatic carbocycles. The Morgan fingerprint density at radius 1 is 1.12 bits per heavy atom. The molecule has 0 N–H and O–H groups in total. The Hall–Kier alpha value is -3.49. The van der Waals surface area contributed by atoms with Crippen LogP contribution in [0.2, 0.25) is 0 Å². The zero-order chi connectivity index (χ0) is 19.1. The average molecular weight is 363 g/mol. The number of rotatable bonds is 8. The molecule has 0 radical (unpaired) electrons. The van der Waals surface area contributed by atoms with E-state index in [1.165, 1.54) is 37.4 Å². The minimum atomic E-state index is -0.910. The third-order valence-corrected chi connectivity index (χ3v) is 3.23. The Balaban J connectivity index is 1.92. The molecule has 9 heteroatoms. The fourth-order valence-corrected chi connectivity index (χ4v) is 2.03. The highest BCUT2D eigenvalue weighted by Gasteiger charge is 2.18. The van der Waals surface area contributed by atoms with Crippen LogP contribution < -0.4 is 9.47 Å². The lowest BCUT2D eigenvalue weighted by Gasteiger charge is -2.09. The number of para-hydroxylation sites is 2. The first-order chi connectivity index (χ1) is 12.4. The molecule has 0 atom stereocenters. The van der Waals surface area contributed by atoms with Crippen LogP contribution in [0.3, 0.4) is 0 Å². The number of ether oxygens (including phenoxy) is 3. The molecule has 2 rings (SSSR count). The summed E-state index contributed by atoms with van der Waals surface area (Å²) in [6.45, 7) is -1.28. The molecule has 0 bridgehead atoms. The molecule has 0 amide bonds. The maximum atomic E-state index is 13.3. The van der Waals surface area contributed by atoms with Crippen molar-refractivity contribution in [3.8, 4) is 11.5 Å². The molecule has 8 nitrogen and oxygen atoms in total. The molecule has 0 saturated heterocycles. The Labute approximate surface area is 147 Å². The molecular formula is C17H14FNO7. The number of nitro groups is 1. The van der Waals surface area contributed by atoms with Crippen LogP contribution in [0.25, 0.3) is 0 Å². The van der Waals surface area contributed by atoms with Crippen molar-refractivity contribution >= 4 is 17.4 Å². The lowest BCUT2D eigenvalue weighted by atomic mass is 10.1. The normalized spacial score (nSPS) is 10.1. The van der Waals surface area contributed by atoms with Gasteiger partial charge in [0.25, 0.3) is 0 Å². The van der Waals surface area contributed by atoms with Crippen LogP contribution in [0.5, 0.6) is 11.5 Å². The summed E-state index contributed by atoms with van der Waals surface area (Å²) in [6, 6.07) is 8.89. The van der Waals surface area contributed by atoms with E-state index in [4.69, 9.17) is 14.2 Å². The molecular weight excluding hydrogens is 349 g/mol. The lowest BCUT2D eigenvalue weighted by Crippen LogP contribution is -2.20. The van der Waals surface area contributed by atoms with Crippen molar-refractivity contribution in [2.24, 2.45) is 0 Å². The van der Waals surface area contributed by atoms with Gasteiger partial charge in [0.2, 0.25) is 5.78 Å². The topological polar surface area (TPSA) is 105 Å². The van der Waals surface area contributed by atoms with Gasteiger partial charge in [0.15, 0.2) is 19.0 Å². The summed E-state index contributed by atoms with van der Waals surface area (Å²) < 4.78 is 28.0. The van der Waals surface area contributed by atoms with Crippen molar-refractivity contribution in [3.05, 3.63) is 64.0 Å². The first-order valence-corrected chi connectivity index (χ1v) is 7.31. The predicted octanol–water partition coefficient (Wildman–Crippen LogP) is 2.55. The van der Waals surface area contributed by atoms with Gasteiger partial charge in [-0.25, -0.2) is 9.18 Å². The van der Waals surface area contributed by atoms with E-state index in [1.54, 1.807) is 0 Å². The number of carbonyl (C=O) groups is 2. The smallest absolute Gasteiger partial charge is 0.344 e. The Morgan fingerprint density at radius 2 is 1.85 bits per heavy atom. The van der Waals surface area contributed by atoms with E-state index in [9.17, 15) is 24.1 Å². The Morgan fingerprint density at radius 3 is 2.54 bits per heavy atom. The number of benzene rings is 2. The number of nitro benzene ring substituents is 1. The largest absolute Gasteiger partial charge is 0.496 e. The van der Waals surface area contributed by atoms with Gasteiger partial charge in [-0.15, -0.1) is 0 Å². The van der Waals surface area contributed by atoms with Crippen LogP contribution in [0.1, 0.15) is 10.4 Å². The van der Waals surface area contributed by atoms with E-state index in [0.717, 1.165) is 12.1 Å². The third-order valence-electron chi connectivity index (χ3n) is 3.23. The summed E-state index contributed by atoms with van der Waals surface area (Å²) in [7, 11) is 1.32. The van der Waals surface area contributed by atoms with Gasteiger partial charge >= 0.3 is 11.7 Å². The van der Waals surface area contributed by atoms with Crippen LogP contribution >= 0.6 is 0 Å². The molecule has 0 aromatic heterocycles. The van der Waals surface area contributed by atoms with Gasteiger partial charge in [-0.3, -0.25) is 14.9 Å². The van der Waals surface area contributed by atoms with E-state index in [0.29, 0.717) is 0 Å². The fourth-order valence-electron chi connectivity index (χ4n) is 2.03. The first kappa shape index (κ1) is 18.8.